The molecule has 2 amide bonds. The van der Waals surface area contributed by atoms with E-state index in [4.69, 9.17) is 9.47 Å². The van der Waals surface area contributed by atoms with Gasteiger partial charge in [-0.3, -0.25) is 9.59 Å². The zero-order chi connectivity index (χ0) is 23.7. The van der Waals surface area contributed by atoms with Crippen LogP contribution in [0.5, 0.6) is 0 Å². The minimum atomic E-state index is -0.591. The predicted molar refractivity (Wildman–Crippen MR) is 125 cm³/mol. The molecule has 0 radical (unpaired) electrons. The molecule has 1 aromatic carbocycles. The van der Waals surface area contributed by atoms with Crippen molar-refractivity contribution in [3.8, 4) is 0 Å². The van der Waals surface area contributed by atoms with Gasteiger partial charge in [-0.2, -0.15) is 0 Å². The number of halogens is 1. The number of carbonyl (C=O) groups is 2. The Morgan fingerprint density at radius 3 is 2.82 bits per heavy atom. The van der Waals surface area contributed by atoms with E-state index in [0.29, 0.717) is 54.3 Å². The van der Waals surface area contributed by atoms with Crippen LogP contribution in [0.2, 0.25) is 0 Å². The summed E-state index contributed by atoms with van der Waals surface area (Å²) in [6, 6.07) is 3.40. The second kappa shape index (κ2) is 10.1. The summed E-state index contributed by atoms with van der Waals surface area (Å²) in [6.45, 7) is 6.18. The Balaban J connectivity index is 1.30. The molecule has 34 heavy (non-hydrogen) atoms. The van der Waals surface area contributed by atoms with E-state index in [9.17, 15) is 9.59 Å². The largest absolute Gasteiger partial charge is 0.381 e. The van der Waals surface area contributed by atoms with Gasteiger partial charge in [0.2, 0.25) is 5.91 Å². The maximum Gasteiger partial charge on any atom is 0.255 e. The maximum absolute atomic E-state index is 15.7. The number of carbonyl (C=O) groups excluding carboxylic acids is 2. The lowest BCUT2D eigenvalue weighted by atomic mass is 9.93. The standard InChI is InChI=1S/C26H34FN3O4/c1-16-6-9-22(25(31)28-16)30-15-20-19(26(30)32)8-7-17(24(20)27)14-23-21(5-3-12-34-23)29-18-4-2-11-33-13-10-18/h7-8,18,21-23,29H,1-6,9-15H2,(H,28,31)/t18?,21-,22?,23+/m0/s1. The van der Waals surface area contributed by atoms with Crippen molar-refractivity contribution in [3.05, 3.63) is 46.9 Å². The van der Waals surface area contributed by atoms with Crippen LogP contribution in [0.3, 0.4) is 0 Å². The first-order valence-corrected chi connectivity index (χ1v) is 12.6. The first-order valence-electron chi connectivity index (χ1n) is 12.6. The molecule has 0 bridgehead atoms. The summed E-state index contributed by atoms with van der Waals surface area (Å²) < 4.78 is 27.3. The van der Waals surface area contributed by atoms with Crippen molar-refractivity contribution >= 4 is 11.8 Å². The molecule has 8 heteroatoms. The van der Waals surface area contributed by atoms with Crippen LogP contribution in [0.1, 0.15) is 66.4 Å². The fourth-order valence-corrected chi connectivity index (χ4v) is 5.71. The summed E-state index contributed by atoms with van der Waals surface area (Å²) in [5.41, 5.74) is 1.97. The molecule has 0 saturated carbocycles. The van der Waals surface area contributed by atoms with Crippen LogP contribution in [0.15, 0.2) is 24.4 Å². The highest BCUT2D eigenvalue weighted by atomic mass is 19.1. The Morgan fingerprint density at radius 1 is 1.12 bits per heavy atom. The smallest absolute Gasteiger partial charge is 0.255 e. The fourth-order valence-electron chi connectivity index (χ4n) is 5.71. The van der Waals surface area contributed by atoms with E-state index in [0.717, 1.165) is 45.3 Å². The molecular formula is C26H34FN3O4. The Kier molecular flexibility index (Phi) is 6.99. The van der Waals surface area contributed by atoms with Gasteiger partial charge >= 0.3 is 0 Å². The normalized spacial score (nSPS) is 30.1. The Morgan fingerprint density at radius 2 is 1.97 bits per heavy atom. The topological polar surface area (TPSA) is 79.9 Å². The molecular weight excluding hydrogens is 437 g/mol. The van der Waals surface area contributed by atoms with Crippen molar-refractivity contribution in [2.24, 2.45) is 0 Å². The summed E-state index contributed by atoms with van der Waals surface area (Å²) in [6.07, 6.45) is 6.57. The Hall–Kier alpha value is -2.29. The number of nitrogens with zero attached hydrogens (tertiary/aromatic N) is 1. The van der Waals surface area contributed by atoms with Gasteiger partial charge in [0.1, 0.15) is 11.9 Å². The first-order chi connectivity index (χ1) is 16.5. The number of fused-ring (bicyclic) bond motifs is 1. The molecule has 3 fully saturated rings. The van der Waals surface area contributed by atoms with Crippen LogP contribution in [-0.4, -0.2) is 60.8 Å². The fraction of sp³-hybridized carbons (Fsp3) is 0.615. The van der Waals surface area contributed by atoms with Crippen molar-refractivity contribution in [1.82, 2.24) is 15.5 Å². The van der Waals surface area contributed by atoms with E-state index in [-0.39, 0.29) is 36.3 Å². The third-order valence-electron chi connectivity index (χ3n) is 7.60. The predicted octanol–water partition coefficient (Wildman–Crippen LogP) is 2.82. The highest BCUT2D eigenvalue weighted by Crippen LogP contribution is 2.32. The van der Waals surface area contributed by atoms with Crippen LogP contribution in [-0.2, 0) is 27.2 Å². The zero-order valence-electron chi connectivity index (χ0n) is 19.6. The molecule has 5 rings (SSSR count). The second-order valence-corrected chi connectivity index (χ2v) is 9.91. The van der Waals surface area contributed by atoms with Crippen molar-refractivity contribution < 1.29 is 23.5 Å². The molecule has 184 valence electrons. The van der Waals surface area contributed by atoms with Crippen molar-refractivity contribution in [2.75, 3.05) is 19.8 Å². The van der Waals surface area contributed by atoms with E-state index >= 15 is 4.39 Å². The minimum Gasteiger partial charge on any atom is -0.381 e. The number of benzene rings is 1. The van der Waals surface area contributed by atoms with Gasteiger partial charge in [0, 0.05) is 55.1 Å². The number of rotatable bonds is 5. The Bertz CT molecular complexity index is 960. The van der Waals surface area contributed by atoms with E-state index in [1.54, 1.807) is 12.1 Å². The molecule has 0 spiro atoms. The van der Waals surface area contributed by atoms with E-state index in [1.165, 1.54) is 4.90 Å². The molecule has 1 aromatic rings. The monoisotopic (exact) mass is 471 g/mol. The number of allylic oxidation sites excluding steroid dienone is 1. The van der Waals surface area contributed by atoms with Crippen LogP contribution in [0, 0.1) is 5.82 Å². The number of ether oxygens (including phenoxy) is 2. The molecule has 2 N–H and O–H groups in total. The summed E-state index contributed by atoms with van der Waals surface area (Å²) in [7, 11) is 0. The SMILES string of the molecule is C=C1CCC(N2Cc3c(ccc(C[C@H]4OCCC[C@@H]4NC4CCCOCC4)c3F)C2=O)C(=O)N1. The Labute approximate surface area is 200 Å². The van der Waals surface area contributed by atoms with Crippen LogP contribution < -0.4 is 10.6 Å². The number of hydrogen-bond acceptors (Lipinski definition) is 5. The van der Waals surface area contributed by atoms with Gasteiger partial charge in [-0.1, -0.05) is 12.6 Å². The molecule has 3 saturated heterocycles. The lowest BCUT2D eigenvalue weighted by Crippen LogP contribution is -2.49. The summed E-state index contributed by atoms with van der Waals surface area (Å²) in [5, 5.41) is 6.49. The van der Waals surface area contributed by atoms with Crippen LogP contribution in [0.25, 0.3) is 0 Å². The lowest BCUT2D eigenvalue weighted by molar-refractivity contribution is -0.126. The molecule has 2 unspecified atom stereocenters. The number of nitrogens with one attached hydrogen (secondary N) is 2. The van der Waals surface area contributed by atoms with Crippen molar-refractivity contribution in [1.29, 1.82) is 0 Å². The quantitative estimate of drug-likeness (QED) is 0.691. The van der Waals surface area contributed by atoms with Gasteiger partial charge in [-0.05, 0) is 56.6 Å². The van der Waals surface area contributed by atoms with Gasteiger partial charge in [-0.15, -0.1) is 0 Å². The second-order valence-electron chi connectivity index (χ2n) is 9.91. The number of hydrogen-bond donors (Lipinski definition) is 2. The molecule has 7 nitrogen and oxygen atoms in total. The molecule has 0 aliphatic carbocycles. The van der Waals surface area contributed by atoms with Crippen molar-refractivity contribution in [3.63, 3.8) is 0 Å². The average Bonchev–Trinajstić information content (AvgIpc) is 2.97. The molecule has 4 aliphatic rings. The minimum absolute atomic E-state index is 0.117. The van der Waals surface area contributed by atoms with Gasteiger partial charge in [-0.25, -0.2) is 4.39 Å². The van der Waals surface area contributed by atoms with Crippen molar-refractivity contribution in [2.45, 2.75) is 82.1 Å². The van der Waals surface area contributed by atoms with Gasteiger partial charge < -0.3 is 25.0 Å². The molecule has 4 atom stereocenters. The van der Waals surface area contributed by atoms with E-state index < -0.39 is 6.04 Å². The molecule has 4 heterocycles. The highest BCUT2D eigenvalue weighted by Gasteiger charge is 2.40. The van der Waals surface area contributed by atoms with E-state index in [2.05, 4.69) is 17.2 Å². The number of piperidine rings is 1. The average molecular weight is 472 g/mol. The molecule has 4 aliphatic heterocycles. The highest BCUT2D eigenvalue weighted by molar-refractivity contribution is 6.01. The summed E-state index contributed by atoms with van der Waals surface area (Å²) in [5.74, 6) is -0.867. The third kappa shape index (κ3) is 4.76. The number of amides is 2. The summed E-state index contributed by atoms with van der Waals surface area (Å²) >= 11 is 0. The van der Waals surface area contributed by atoms with Crippen LogP contribution in [0.4, 0.5) is 4.39 Å². The van der Waals surface area contributed by atoms with Gasteiger partial charge in [0.25, 0.3) is 5.91 Å². The van der Waals surface area contributed by atoms with Crippen LogP contribution >= 0.6 is 0 Å². The maximum atomic E-state index is 15.7. The summed E-state index contributed by atoms with van der Waals surface area (Å²) in [4.78, 5) is 26.9. The van der Waals surface area contributed by atoms with Gasteiger partial charge in [0.15, 0.2) is 0 Å². The molecule has 0 aromatic heterocycles. The lowest BCUT2D eigenvalue weighted by Gasteiger charge is -2.35. The first kappa shape index (κ1) is 23.5. The van der Waals surface area contributed by atoms with Gasteiger partial charge in [0.05, 0.1) is 12.6 Å². The zero-order valence-corrected chi connectivity index (χ0v) is 19.6. The van der Waals surface area contributed by atoms with E-state index in [1.807, 2.05) is 0 Å². The third-order valence-corrected chi connectivity index (χ3v) is 7.60.